The summed E-state index contributed by atoms with van der Waals surface area (Å²) >= 11 is 0. The number of nitrogens with zero attached hydrogens (tertiary/aromatic N) is 1. The summed E-state index contributed by atoms with van der Waals surface area (Å²) in [6.45, 7) is 2.16. The Hall–Kier alpha value is -2.85. The average Bonchev–Trinajstić information content (AvgIpc) is 2.85. The summed E-state index contributed by atoms with van der Waals surface area (Å²) in [6, 6.07) is 18.5. The molecule has 0 aliphatic heterocycles. The van der Waals surface area contributed by atoms with Crippen molar-refractivity contribution < 1.29 is 32.6 Å². The lowest BCUT2D eigenvalue weighted by molar-refractivity contribution is -0.137. The molecule has 192 valence electrons. The number of benzene rings is 3. The molecule has 0 fully saturated rings. The molecule has 0 spiro atoms. The molecule has 3 rings (SSSR count). The van der Waals surface area contributed by atoms with Gasteiger partial charge in [-0.3, -0.25) is 4.79 Å². The maximum atomic E-state index is 13.1. The molecule has 0 aliphatic rings. The van der Waals surface area contributed by atoms with Gasteiger partial charge in [0.1, 0.15) is 11.7 Å². The zero-order valence-electron chi connectivity index (χ0n) is 19.5. The van der Waals surface area contributed by atoms with Crippen LogP contribution in [0, 0.1) is 0 Å². The Morgan fingerprint density at radius 2 is 1.75 bits per heavy atom. The topological polar surface area (TPSA) is 66.8 Å². The summed E-state index contributed by atoms with van der Waals surface area (Å²) in [7, 11) is 2.19. The maximum absolute atomic E-state index is 13.1. The first-order chi connectivity index (χ1) is 17.2. The quantitative estimate of drug-likeness (QED) is 0.156. The van der Waals surface area contributed by atoms with Gasteiger partial charge in [0.2, 0.25) is 0 Å². The van der Waals surface area contributed by atoms with E-state index < -0.39 is 23.8 Å². The predicted molar refractivity (Wildman–Crippen MR) is 138 cm³/mol. The van der Waals surface area contributed by atoms with E-state index >= 15 is 0 Å². The fourth-order valence-corrected chi connectivity index (χ4v) is 5.17. The number of hydrogen-bond donors (Lipinski definition) is 1. The smallest absolute Gasteiger partial charge is 0.416 e. The van der Waals surface area contributed by atoms with E-state index in [0.717, 1.165) is 50.1 Å². The van der Waals surface area contributed by atoms with Crippen LogP contribution in [0.5, 0.6) is 0 Å². The molecular weight excluding hydrogens is 511 g/mol. The van der Waals surface area contributed by atoms with Crippen molar-refractivity contribution in [3.8, 4) is 0 Å². The monoisotopic (exact) mass is 537 g/mol. The van der Waals surface area contributed by atoms with Crippen LogP contribution in [0.1, 0.15) is 36.1 Å². The van der Waals surface area contributed by atoms with Gasteiger partial charge in [0.05, 0.1) is 11.6 Å². The highest BCUT2D eigenvalue weighted by atomic mass is 33.1. The summed E-state index contributed by atoms with van der Waals surface area (Å²) in [6.07, 6.45) is -4.18. The molecule has 1 N–H and O–H groups in total. The molecule has 1 amide bonds. The zero-order chi connectivity index (χ0) is 26.1. The Kier molecular flexibility index (Phi) is 9.95. The van der Waals surface area contributed by atoms with Crippen molar-refractivity contribution in [1.29, 1.82) is 0 Å². The minimum Gasteiger partial charge on any atom is -0.481 e. The van der Waals surface area contributed by atoms with E-state index in [1.807, 2.05) is 49.4 Å². The van der Waals surface area contributed by atoms with Gasteiger partial charge in [-0.05, 0) is 47.7 Å². The van der Waals surface area contributed by atoms with Crippen molar-refractivity contribution in [2.24, 2.45) is 0 Å². The number of rotatable bonds is 11. The lowest BCUT2D eigenvalue weighted by atomic mass is 9.98. The Morgan fingerprint density at radius 3 is 2.50 bits per heavy atom. The minimum absolute atomic E-state index is 0.0246. The number of aryl methyl sites for hydroxylation is 1. The first-order valence-corrected chi connectivity index (χ1v) is 13.7. The van der Waals surface area contributed by atoms with Gasteiger partial charge in [0.25, 0.3) is 0 Å². The van der Waals surface area contributed by atoms with Gasteiger partial charge in [-0.2, -0.15) is 13.2 Å². The van der Waals surface area contributed by atoms with E-state index in [9.17, 15) is 22.8 Å². The second kappa shape index (κ2) is 12.9. The van der Waals surface area contributed by atoms with E-state index in [2.05, 4.69) is 0 Å². The number of aliphatic carboxylic acids is 1. The highest BCUT2D eigenvalue weighted by Gasteiger charge is 2.30. The first kappa shape index (κ1) is 27.7. The lowest BCUT2D eigenvalue weighted by Gasteiger charge is -2.29. The van der Waals surface area contributed by atoms with Gasteiger partial charge in [-0.25, -0.2) is 4.79 Å². The number of amides is 1. The Labute approximate surface area is 215 Å². The zero-order valence-corrected chi connectivity index (χ0v) is 21.2. The van der Waals surface area contributed by atoms with E-state index in [1.165, 1.54) is 6.07 Å². The number of carbonyl (C=O) groups is 2. The molecule has 10 heteroatoms. The molecule has 0 bridgehead atoms. The van der Waals surface area contributed by atoms with Gasteiger partial charge < -0.3 is 14.7 Å². The highest BCUT2D eigenvalue weighted by molar-refractivity contribution is 8.76. The molecule has 5 nitrogen and oxygen atoms in total. The van der Waals surface area contributed by atoms with Gasteiger partial charge in [-0.15, -0.1) is 0 Å². The molecule has 3 aromatic rings. The summed E-state index contributed by atoms with van der Waals surface area (Å²) in [4.78, 5) is 25.3. The molecule has 0 radical (unpaired) electrons. The van der Waals surface area contributed by atoms with Crippen LogP contribution in [0.3, 0.4) is 0 Å². The molecule has 1 atom stereocenters. The molecule has 36 heavy (non-hydrogen) atoms. The van der Waals surface area contributed by atoms with Crippen LogP contribution in [-0.2, 0) is 22.1 Å². The number of hydrogen-bond acceptors (Lipinski definition) is 5. The van der Waals surface area contributed by atoms with Gasteiger partial charge in [-0.1, -0.05) is 82.3 Å². The van der Waals surface area contributed by atoms with Gasteiger partial charge in [0, 0.05) is 6.54 Å². The predicted octanol–water partition coefficient (Wildman–Crippen LogP) is 7.41. The Bertz CT molecular complexity index is 1180. The van der Waals surface area contributed by atoms with Crippen molar-refractivity contribution >= 4 is 44.4 Å². The van der Waals surface area contributed by atoms with Crippen LogP contribution in [0.25, 0.3) is 10.8 Å². The first-order valence-electron chi connectivity index (χ1n) is 11.2. The Morgan fingerprint density at radius 1 is 1.03 bits per heavy atom. The Balaban J connectivity index is 1.73. The summed E-state index contributed by atoms with van der Waals surface area (Å²) in [5.41, 5.74) is 0.768. The number of halogens is 3. The third-order valence-corrected chi connectivity index (χ3v) is 7.48. The standard InChI is InChI=1S/C26H26F3NO4S2/c1-18(22-13-5-10-20-9-2-3-12-23(20)22)30(25(33)34-17-36-35-16-24(31)32)14-6-8-19-7-4-11-21(15-19)26(27,28)29/h2-5,7,9-13,15,18H,6,8,14,16-17H2,1H3,(H,31,32). The van der Waals surface area contributed by atoms with Crippen molar-refractivity contribution in [2.45, 2.75) is 32.0 Å². The number of carboxylic acids is 1. The second-order valence-electron chi connectivity index (χ2n) is 8.04. The normalized spacial score (nSPS) is 12.3. The summed E-state index contributed by atoms with van der Waals surface area (Å²) in [5, 5.41) is 10.8. The molecule has 3 aromatic carbocycles. The van der Waals surface area contributed by atoms with Crippen LogP contribution in [0.2, 0.25) is 0 Å². The number of fused-ring (bicyclic) bond motifs is 1. The number of ether oxygens (including phenoxy) is 1. The number of carboxylic acid groups (broad SMARTS) is 1. The van der Waals surface area contributed by atoms with Crippen molar-refractivity contribution in [3.63, 3.8) is 0 Å². The third kappa shape index (κ3) is 7.83. The van der Waals surface area contributed by atoms with Crippen LogP contribution in [0.4, 0.5) is 18.0 Å². The SMILES string of the molecule is CC(c1cccc2ccccc12)N(CCCc1cccc(C(F)(F)F)c1)C(=O)OCSSCC(=O)O. The van der Waals surface area contributed by atoms with Gasteiger partial charge in [0.15, 0.2) is 0 Å². The van der Waals surface area contributed by atoms with E-state index in [1.54, 1.807) is 11.0 Å². The minimum atomic E-state index is -4.41. The molecule has 0 aliphatic carbocycles. The van der Waals surface area contributed by atoms with E-state index in [-0.39, 0.29) is 24.3 Å². The lowest BCUT2D eigenvalue weighted by Crippen LogP contribution is -2.35. The van der Waals surface area contributed by atoms with Crippen LogP contribution in [0.15, 0.2) is 66.7 Å². The average molecular weight is 538 g/mol. The van der Waals surface area contributed by atoms with Crippen molar-refractivity contribution in [2.75, 3.05) is 18.2 Å². The van der Waals surface area contributed by atoms with Crippen molar-refractivity contribution in [1.82, 2.24) is 4.90 Å². The number of alkyl halides is 3. The van der Waals surface area contributed by atoms with E-state index in [4.69, 9.17) is 9.84 Å². The molecule has 0 saturated heterocycles. The van der Waals surface area contributed by atoms with Crippen LogP contribution >= 0.6 is 21.6 Å². The molecule has 0 saturated carbocycles. The van der Waals surface area contributed by atoms with E-state index in [0.29, 0.717) is 18.4 Å². The third-order valence-electron chi connectivity index (χ3n) is 5.59. The van der Waals surface area contributed by atoms with Crippen LogP contribution in [-0.4, -0.2) is 40.3 Å². The molecule has 0 aromatic heterocycles. The molecular formula is C26H26F3NO4S2. The van der Waals surface area contributed by atoms with Crippen molar-refractivity contribution in [3.05, 3.63) is 83.4 Å². The second-order valence-corrected chi connectivity index (χ2v) is 10.5. The maximum Gasteiger partial charge on any atom is 0.416 e. The summed E-state index contributed by atoms with van der Waals surface area (Å²) < 4.78 is 44.6. The molecule has 1 unspecified atom stereocenters. The molecule has 0 heterocycles. The largest absolute Gasteiger partial charge is 0.481 e. The highest BCUT2D eigenvalue weighted by Crippen LogP contribution is 2.31. The number of carbonyl (C=O) groups excluding carboxylic acids is 1. The van der Waals surface area contributed by atoms with Crippen LogP contribution < -0.4 is 0 Å². The fourth-order valence-electron chi connectivity index (χ4n) is 3.87. The fraction of sp³-hybridized carbons (Fsp3) is 0.308. The summed E-state index contributed by atoms with van der Waals surface area (Å²) in [5.74, 6) is -1.10. The van der Waals surface area contributed by atoms with Gasteiger partial charge >= 0.3 is 18.2 Å².